The zero-order valence-electron chi connectivity index (χ0n) is 8.43. The topological polar surface area (TPSA) is 130 Å². The lowest BCUT2D eigenvalue weighted by molar-refractivity contribution is -0.146. The van der Waals surface area contributed by atoms with Crippen LogP contribution in [0.2, 0.25) is 0 Å². The van der Waals surface area contributed by atoms with E-state index in [4.69, 9.17) is 21.8 Å². The van der Waals surface area contributed by atoms with Crippen LogP contribution in [0.15, 0.2) is 0 Å². The second-order valence-electron chi connectivity index (χ2n) is 3.20. The monoisotopic (exact) mass is 219 g/mol. The number of carboxylic acids is 2. The van der Waals surface area contributed by atoms with Gasteiger partial charge < -0.3 is 15.9 Å². The molecule has 0 spiro atoms. The molecular weight excluding hydrogens is 202 g/mol. The van der Waals surface area contributed by atoms with E-state index >= 15 is 0 Å². The number of nitrogens with two attached hydrogens (primary N) is 2. The first kappa shape index (κ1) is 13.8. The fraction of sp³-hybridized carbons (Fsp3) is 0.750. The van der Waals surface area contributed by atoms with Crippen molar-refractivity contribution in [3.8, 4) is 0 Å². The van der Waals surface area contributed by atoms with Crippen molar-refractivity contribution < 1.29 is 19.8 Å². The number of carboxylic acid groups (broad SMARTS) is 2. The first-order valence-electron chi connectivity index (χ1n) is 4.65. The summed E-state index contributed by atoms with van der Waals surface area (Å²) in [5, 5.41) is 18.1. The Morgan fingerprint density at radius 1 is 1.27 bits per heavy atom. The lowest BCUT2D eigenvalue weighted by Gasteiger charge is -2.21. The van der Waals surface area contributed by atoms with Crippen LogP contribution in [0.1, 0.15) is 19.3 Å². The van der Waals surface area contributed by atoms with Crippen LogP contribution in [-0.4, -0.2) is 46.3 Å². The van der Waals surface area contributed by atoms with Gasteiger partial charge in [-0.25, -0.2) is 5.01 Å². The molecule has 88 valence electrons. The minimum absolute atomic E-state index is 0.302. The largest absolute Gasteiger partial charge is 0.480 e. The molecule has 0 fully saturated rings. The standard InChI is InChI=1S/C8H17N3O4/c9-4-2-1-3-6(8(14)15)11(10)5-7(12)13/h6H,1-5,9-10H2,(H,12,13)(H,14,15). The summed E-state index contributed by atoms with van der Waals surface area (Å²) in [5.41, 5.74) is 5.26. The van der Waals surface area contributed by atoms with Gasteiger partial charge in [-0.2, -0.15) is 0 Å². The van der Waals surface area contributed by atoms with Gasteiger partial charge in [0, 0.05) is 0 Å². The van der Waals surface area contributed by atoms with Crippen molar-refractivity contribution in [3.63, 3.8) is 0 Å². The van der Waals surface area contributed by atoms with Crippen molar-refractivity contribution in [2.45, 2.75) is 25.3 Å². The highest BCUT2D eigenvalue weighted by atomic mass is 16.4. The van der Waals surface area contributed by atoms with Crippen LogP contribution in [0.25, 0.3) is 0 Å². The van der Waals surface area contributed by atoms with Gasteiger partial charge in [0.2, 0.25) is 0 Å². The van der Waals surface area contributed by atoms with E-state index in [-0.39, 0.29) is 0 Å². The highest BCUT2D eigenvalue weighted by Gasteiger charge is 2.24. The number of carbonyl (C=O) groups is 2. The summed E-state index contributed by atoms with van der Waals surface area (Å²) >= 11 is 0. The smallest absolute Gasteiger partial charge is 0.322 e. The van der Waals surface area contributed by atoms with E-state index in [1.54, 1.807) is 0 Å². The Hall–Kier alpha value is -1.18. The lowest BCUT2D eigenvalue weighted by atomic mass is 10.1. The average Bonchev–Trinajstić information content (AvgIpc) is 2.10. The minimum Gasteiger partial charge on any atom is -0.480 e. The summed E-state index contributed by atoms with van der Waals surface area (Å²) in [4.78, 5) is 21.1. The Balaban J connectivity index is 4.13. The minimum atomic E-state index is -1.15. The normalized spacial score (nSPS) is 12.7. The number of rotatable bonds is 8. The van der Waals surface area contributed by atoms with Crippen LogP contribution in [0.4, 0.5) is 0 Å². The molecule has 7 heteroatoms. The van der Waals surface area contributed by atoms with Crippen LogP contribution in [-0.2, 0) is 9.59 Å². The molecule has 7 nitrogen and oxygen atoms in total. The second-order valence-corrected chi connectivity index (χ2v) is 3.20. The van der Waals surface area contributed by atoms with Crippen LogP contribution in [0, 0.1) is 0 Å². The van der Waals surface area contributed by atoms with Gasteiger partial charge in [-0.15, -0.1) is 0 Å². The van der Waals surface area contributed by atoms with E-state index in [1.165, 1.54) is 0 Å². The maximum atomic E-state index is 10.8. The van der Waals surface area contributed by atoms with E-state index in [9.17, 15) is 9.59 Å². The van der Waals surface area contributed by atoms with Crippen molar-refractivity contribution in [1.29, 1.82) is 0 Å². The van der Waals surface area contributed by atoms with Crippen LogP contribution in [0.3, 0.4) is 0 Å². The van der Waals surface area contributed by atoms with Crippen molar-refractivity contribution in [1.82, 2.24) is 5.01 Å². The number of aliphatic carboxylic acids is 2. The summed E-state index contributed by atoms with van der Waals surface area (Å²) in [6, 6.07) is -0.965. The van der Waals surface area contributed by atoms with E-state index in [1.807, 2.05) is 0 Å². The molecule has 0 saturated carbocycles. The fourth-order valence-electron chi connectivity index (χ4n) is 1.18. The Morgan fingerprint density at radius 3 is 2.27 bits per heavy atom. The molecule has 0 aliphatic carbocycles. The van der Waals surface area contributed by atoms with E-state index in [2.05, 4.69) is 0 Å². The van der Waals surface area contributed by atoms with Crippen LogP contribution in [0.5, 0.6) is 0 Å². The van der Waals surface area contributed by atoms with E-state index in [0.717, 1.165) is 5.01 Å². The molecule has 0 aromatic carbocycles. The molecule has 0 aromatic heterocycles. The molecule has 1 unspecified atom stereocenters. The molecule has 6 N–H and O–H groups in total. The van der Waals surface area contributed by atoms with E-state index in [0.29, 0.717) is 25.8 Å². The molecule has 0 heterocycles. The van der Waals surface area contributed by atoms with Gasteiger partial charge in [0.05, 0.1) is 0 Å². The quantitative estimate of drug-likeness (QED) is 0.230. The van der Waals surface area contributed by atoms with Gasteiger partial charge in [0.25, 0.3) is 0 Å². The van der Waals surface area contributed by atoms with Crippen LogP contribution >= 0.6 is 0 Å². The summed E-state index contributed by atoms with van der Waals surface area (Å²) in [7, 11) is 0. The maximum Gasteiger partial charge on any atom is 0.322 e. The molecule has 0 bridgehead atoms. The highest BCUT2D eigenvalue weighted by molar-refractivity contribution is 5.75. The van der Waals surface area contributed by atoms with E-state index < -0.39 is 24.5 Å². The van der Waals surface area contributed by atoms with Crippen LogP contribution < -0.4 is 11.6 Å². The summed E-state index contributed by atoms with van der Waals surface area (Å²) in [6.45, 7) is -0.00453. The molecule has 0 amide bonds. The van der Waals surface area contributed by atoms with Crippen molar-refractivity contribution in [2.75, 3.05) is 13.1 Å². The summed E-state index contributed by atoms with van der Waals surface area (Å²) in [6.07, 6.45) is 1.61. The molecule has 0 saturated heterocycles. The summed E-state index contributed by atoms with van der Waals surface area (Å²) in [5.74, 6) is 3.08. The fourth-order valence-corrected chi connectivity index (χ4v) is 1.18. The zero-order valence-corrected chi connectivity index (χ0v) is 8.43. The Kier molecular flexibility index (Phi) is 6.59. The number of unbranched alkanes of at least 4 members (excludes halogenated alkanes) is 1. The van der Waals surface area contributed by atoms with Gasteiger partial charge >= 0.3 is 11.9 Å². The molecule has 0 aromatic rings. The number of hydrogen-bond donors (Lipinski definition) is 4. The lowest BCUT2D eigenvalue weighted by Crippen LogP contribution is -2.48. The molecular formula is C8H17N3O4. The van der Waals surface area contributed by atoms with Crippen molar-refractivity contribution in [3.05, 3.63) is 0 Å². The Labute approximate surface area is 87.6 Å². The third-order valence-electron chi connectivity index (χ3n) is 1.93. The third kappa shape index (κ3) is 6.00. The number of hydrogen-bond acceptors (Lipinski definition) is 5. The first-order chi connectivity index (χ1) is 6.99. The first-order valence-corrected chi connectivity index (χ1v) is 4.65. The molecule has 0 aliphatic heterocycles. The molecule has 0 aliphatic rings. The van der Waals surface area contributed by atoms with Gasteiger partial charge in [0.1, 0.15) is 12.6 Å². The molecule has 0 rings (SSSR count). The number of hydrazine groups is 1. The van der Waals surface area contributed by atoms with Gasteiger partial charge in [0.15, 0.2) is 0 Å². The third-order valence-corrected chi connectivity index (χ3v) is 1.93. The Morgan fingerprint density at radius 2 is 1.87 bits per heavy atom. The van der Waals surface area contributed by atoms with Crippen molar-refractivity contribution in [2.24, 2.45) is 11.6 Å². The highest BCUT2D eigenvalue weighted by Crippen LogP contribution is 2.05. The second kappa shape index (κ2) is 7.16. The van der Waals surface area contributed by atoms with Gasteiger partial charge in [-0.05, 0) is 25.8 Å². The average molecular weight is 219 g/mol. The molecule has 1 atom stereocenters. The van der Waals surface area contributed by atoms with Crippen molar-refractivity contribution >= 4 is 11.9 Å². The Bertz CT molecular complexity index is 222. The predicted molar refractivity (Wildman–Crippen MR) is 52.9 cm³/mol. The van der Waals surface area contributed by atoms with Gasteiger partial charge in [-0.3, -0.25) is 15.4 Å². The molecule has 0 radical (unpaired) electrons. The number of nitrogens with zero attached hydrogens (tertiary/aromatic N) is 1. The summed E-state index contributed by atoms with van der Waals surface area (Å²) < 4.78 is 0. The SMILES string of the molecule is NCCCCC(C(=O)O)N(N)CC(=O)O. The predicted octanol–water partition coefficient (Wildman–Crippen LogP) is -1.17. The molecule has 15 heavy (non-hydrogen) atoms. The van der Waals surface area contributed by atoms with Gasteiger partial charge in [-0.1, -0.05) is 0 Å². The zero-order chi connectivity index (χ0) is 11.8. The maximum absolute atomic E-state index is 10.8.